The maximum absolute atomic E-state index is 12.1. The molecule has 0 fully saturated rings. The Bertz CT molecular complexity index is 935. The van der Waals surface area contributed by atoms with Gasteiger partial charge >= 0.3 is 0 Å². The number of rotatable bonds is 6. The molecule has 1 aromatic heterocycles. The van der Waals surface area contributed by atoms with Crippen molar-refractivity contribution in [2.45, 2.75) is 31.4 Å². The summed E-state index contributed by atoms with van der Waals surface area (Å²) < 4.78 is 7.42. The molecule has 0 aliphatic carbocycles. The van der Waals surface area contributed by atoms with Crippen molar-refractivity contribution in [3.8, 4) is 5.75 Å². The lowest BCUT2D eigenvalue weighted by Gasteiger charge is -2.10. The zero-order chi connectivity index (χ0) is 18.5. The molecule has 0 N–H and O–H groups in total. The molecule has 0 aliphatic heterocycles. The molecule has 5 heteroatoms. The number of aryl methyl sites for hydroxylation is 1. The van der Waals surface area contributed by atoms with Gasteiger partial charge in [-0.05, 0) is 37.1 Å². The molecule has 26 heavy (non-hydrogen) atoms. The van der Waals surface area contributed by atoms with Crippen LogP contribution in [0.25, 0.3) is 0 Å². The molecule has 0 atom stereocenters. The third-order valence-electron chi connectivity index (χ3n) is 4.26. The standard InChI is InChI=1S/C21H22N2O2S/c1-15-16(2)22-21(23(3)20(15)24)26-14-18-9-11-19(12-10-18)25-13-17-7-5-4-6-8-17/h4-12H,13-14H2,1-3H3. The van der Waals surface area contributed by atoms with E-state index in [1.54, 1.807) is 23.4 Å². The molecule has 134 valence electrons. The van der Waals surface area contributed by atoms with Gasteiger partial charge in [-0.15, -0.1) is 0 Å². The quantitative estimate of drug-likeness (QED) is 0.483. The van der Waals surface area contributed by atoms with Crippen molar-refractivity contribution in [1.82, 2.24) is 9.55 Å². The van der Waals surface area contributed by atoms with E-state index in [9.17, 15) is 4.79 Å². The lowest BCUT2D eigenvalue weighted by Crippen LogP contribution is -2.23. The Labute approximate surface area is 157 Å². The highest BCUT2D eigenvalue weighted by molar-refractivity contribution is 7.98. The van der Waals surface area contributed by atoms with Crippen molar-refractivity contribution in [3.63, 3.8) is 0 Å². The van der Waals surface area contributed by atoms with Gasteiger partial charge in [-0.2, -0.15) is 0 Å². The molecular weight excluding hydrogens is 344 g/mol. The molecule has 4 nitrogen and oxygen atoms in total. The molecule has 0 saturated carbocycles. The van der Waals surface area contributed by atoms with Gasteiger partial charge in [-0.25, -0.2) is 4.98 Å². The molecule has 0 saturated heterocycles. The largest absolute Gasteiger partial charge is 0.489 e. The van der Waals surface area contributed by atoms with E-state index >= 15 is 0 Å². The highest BCUT2D eigenvalue weighted by atomic mass is 32.2. The van der Waals surface area contributed by atoms with Gasteiger partial charge in [-0.3, -0.25) is 9.36 Å². The first kappa shape index (κ1) is 18.3. The summed E-state index contributed by atoms with van der Waals surface area (Å²) in [6.07, 6.45) is 0. The molecule has 1 heterocycles. The van der Waals surface area contributed by atoms with Crippen LogP contribution in [0.2, 0.25) is 0 Å². The van der Waals surface area contributed by atoms with E-state index in [0.717, 1.165) is 33.5 Å². The van der Waals surface area contributed by atoms with Crippen LogP contribution in [0, 0.1) is 13.8 Å². The fraction of sp³-hybridized carbons (Fsp3) is 0.238. The molecule has 0 spiro atoms. The van der Waals surface area contributed by atoms with Gasteiger partial charge in [0, 0.05) is 24.1 Å². The second-order valence-electron chi connectivity index (χ2n) is 6.18. The lowest BCUT2D eigenvalue weighted by molar-refractivity contribution is 0.306. The normalized spacial score (nSPS) is 10.7. The van der Waals surface area contributed by atoms with Crippen LogP contribution in [0.4, 0.5) is 0 Å². The number of nitrogens with zero attached hydrogens (tertiary/aromatic N) is 2. The van der Waals surface area contributed by atoms with Gasteiger partial charge in [0.1, 0.15) is 12.4 Å². The average Bonchev–Trinajstić information content (AvgIpc) is 2.68. The molecule has 3 aromatic rings. The van der Waals surface area contributed by atoms with Crippen LogP contribution >= 0.6 is 11.8 Å². The number of aromatic nitrogens is 2. The molecule has 2 aromatic carbocycles. The molecular formula is C21H22N2O2S. The lowest BCUT2D eigenvalue weighted by atomic mass is 10.2. The summed E-state index contributed by atoms with van der Waals surface area (Å²) in [7, 11) is 1.77. The summed E-state index contributed by atoms with van der Waals surface area (Å²) in [5.41, 5.74) is 3.82. The minimum absolute atomic E-state index is 0.0182. The van der Waals surface area contributed by atoms with Crippen LogP contribution in [0.5, 0.6) is 5.75 Å². The minimum Gasteiger partial charge on any atom is -0.489 e. The van der Waals surface area contributed by atoms with Crippen LogP contribution in [0.1, 0.15) is 22.4 Å². The zero-order valence-corrected chi connectivity index (χ0v) is 16.0. The van der Waals surface area contributed by atoms with E-state index in [2.05, 4.69) is 4.98 Å². The van der Waals surface area contributed by atoms with Crippen molar-refractivity contribution in [2.24, 2.45) is 7.05 Å². The topological polar surface area (TPSA) is 44.1 Å². The summed E-state index contributed by atoms with van der Waals surface area (Å²) in [4.78, 5) is 16.7. The Hall–Kier alpha value is -2.53. The van der Waals surface area contributed by atoms with Gasteiger partial charge in [0.05, 0.1) is 0 Å². The predicted molar refractivity (Wildman–Crippen MR) is 106 cm³/mol. The number of hydrogen-bond acceptors (Lipinski definition) is 4. The van der Waals surface area contributed by atoms with Crippen molar-refractivity contribution in [3.05, 3.63) is 87.3 Å². The molecule has 0 amide bonds. The maximum atomic E-state index is 12.1. The number of hydrogen-bond donors (Lipinski definition) is 0. The third kappa shape index (κ3) is 4.35. The van der Waals surface area contributed by atoms with Crippen molar-refractivity contribution < 1.29 is 4.74 Å². The first-order valence-corrected chi connectivity index (χ1v) is 9.46. The van der Waals surface area contributed by atoms with Gasteiger partial charge < -0.3 is 4.74 Å². The van der Waals surface area contributed by atoms with Crippen LogP contribution in [-0.2, 0) is 19.4 Å². The summed E-state index contributed by atoms with van der Waals surface area (Å²) in [5, 5.41) is 0.738. The van der Waals surface area contributed by atoms with Crippen LogP contribution in [0.3, 0.4) is 0 Å². The van der Waals surface area contributed by atoms with Gasteiger partial charge in [0.25, 0.3) is 5.56 Å². The molecule has 0 bridgehead atoms. The van der Waals surface area contributed by atoms with Crippen LogP contribution in [-0.4, -0.2) is 9.55 Å². The maximum Gasteiger partial charge on any atom is 0.257 e. The van der Waals surface area contributed by atoms with Crippen LogP contribution in [0.15, 0.2) is 64.5 Å². The first-order valence-electron chi connectivity index (χ1n) is 8.47. The summed E-state index contributed by atoms with van der Waals surface area (Å²) in [6.45, 7) is 4.25. The Balaban J connectivity index is 1.61. The minimum atomic E-state index is 0.0182. The van der Waals surface area contributed by atoms with E-state index in [4.69, 9.17) is 4.74 Å². The van der Waals surface area contributed by atoms with Gasteiger partial charge in [-0.1, -0.05) is 54.2 Å². The molecule has 0 aliphatic rings. The second-order valence-corrected chi connectivity index (χ2v) is 7.12. The third-order valence-corrected chi connectivity index (χ3v) is 5.36. The first-order chi connectivity index (χ1) is 12.5. The second kappa shape index (κ2) is 8.23. The van der Waals surface area contributed by atoms with E-state index in [1.807, 2.05) is 68.4 Å². The van der Waals surface area contributed by atoms with Crippen molar-refractivity contribution in [1.29, 1.82) is 0 Å². The molecule has 3 rings (SSSR count). The summed E-state index contributed by atoms with van der Waals surface area (Å²) in [6, 6.07) is 18.2. The van der Waals surface area contributed by atoms with E-state index in [1.165, 1.54) is 0 Å². The fourth-order valence-corrected chi connectivity index (χ4v) is 3.46. The molecule has 0 radical (unpaired) electrons. The summed E-state index contributed by atoms with van der Waals surface area (Å²) in [5.74, 6) is 1.60. The number of thioether (sulfide) groups is 1. The summed E-state index contributed by atoms with van der Waals surface area (Å²) >= 11 is 1.56. The predicted octanol–water partition coefficient (Wildman–Crippen LogP) is 4.27. The number of ether oxygens (including phenoxy) is 1. The highest BCUT2D eigenvalue weighted by Gasteiger charge is 2.09. The monoisotopic (exact) mass is 366 g/mol. The van der Waals surface area contributed by atoms with Gasteiger partial charge in [0.15, 0.2) is 5.16 Å². The SMILES string of the molecule is Cc1nc(SCc2ccc(OCc3ccccc3)cc2)n(C)c(=O)c1C. The Morgan fingerprint density at radius 2 is 1.69 bits per heavy atom. The average molecular weight is 366 g/mol. The van der Waals surface area contributed by atoms with Crippen LogP contribution < -0.4 is 10.3 Å². The van der Waals surface area contributed by atoms with E-state index < -0.39 is 0 Å². The zero-order valence-electron chi connectivity index (χ0n) is 15.2. The smallest absolute Gasteiger partial charge is 0.257 e. The van der Waals surface area contributed by atoms with Crippen molar-refractivity contribution >= 4 is 11.8 Å². The molecule has 0 unspecified atom stereocenters. The number of benzene rings is 2. The van der Waals surface area contributed by atoms with Crippen molar-refractivity contribution in [2.75, 3.05) is 0 Å². The Morgan fingerprint density at radius 3 is 2.38 bits per heavy atom. The Morgan fingerprint density at radius 1 is 1.00 bits per heavy atom. The van der Waals surface area contributed by atoms with E-state index in [-0.39, 0.29) is 5.56 Å². The van der Waals surface area contributed by atoms with Gasteiger partial charge in [0.2, 0.25) is 0 Å². The highest BCUT2D eigenvalue weighted by Crippen LogP contribution is 2.22. The fourth-order valence-electron chi connectivity index (χ4n) is 2.50. The Kier molecular flexibility index (Phi) is 5.78. The van der Waals surface area contributed by atoms with E-state index in [0.29, 0.717) is 12.2 Å².